The number of nitrogens with zero attached hydrogens (tertiary/aromatic N) is 3. The summed E-state index contributed by atoms with van der Waals surface area (Å²) in [7, 11) is 2.13. The molecule has 0 atom stereocenters. The molecule has 0 spiro atoms. The predicted molar refractivity (Wildman–Crippen MR) is 120 cm³/mol. The fraction of sp³-hybridized carbons (Fsp3) is 0.300. The molecule has 4 rings (SSSR count). The highest BCUT2D eigenvalue weighted by Gasteiger charge is 2.18. The number of anilines is 2. The van der Waals surface area contributed by atoms with E-state index in [1.54, 1.807) is 29.5 Å². The number of carbonyl (C=O) groups excluding carboxylic acids is 1. The van der Waals surface area contributed by atoms with Crippen LogP contribution in [0.3, 0.4) is 0 Å². The molecular weight excluding hydrogens is 431 g/mol. The first-order valence-corrected chi connectivity index (χ1v) is 10.8. The molecule has 6 nitrogen and oxygen atoms in total. The molecule has 152 valence electrons. The number of ether oxygens (including phenoxy) is 1. The Balaban J connectivity index is 1.39. The molecule has 0 unspecified atom stereocenters. The van der Waals surface area contributed by atoms with Crippen LogP contribution in [0.2, 0.25) is 10.0 Å². The van der Waals surface area contributed by atoms with Crippen molar-refractivity contribution < 1.29 is 9.53 Å². The Morgan fingerprint density at radius 1 is 1.17 bits per heavy atom. The van der Waals surface area contributed by atoms with Crippen LogP contribution in [-0.4, -0.2) is 55.6 Å². The summed E-state index contributed by atoms with van der Waals surface area (Å²) in [4.78, 5) is 21.6. The first kappa shape index (κ1) is 20.2. The second-order valence-corrected chi connectivity index (χ2v) is 8.73. The van der Waals surface area contributed by atoms with Crippen LogP contribution in [0.15, 0.2) is 36.4 Å². The van der Waals surface area contributed by atoms with Crippen molar-refractivity contribution in [2.75, 3.05) is 50.1 Å². The van der Waals surface area contributed by atoms with Gasteiger partial charge < -0.3 is 19.9 Å². The number of benzene rings is 2. The highest BCUT2D eigenvalue weighted by Crippen LogP contribution is 2.31. The van der Waals surface area contributed by atoms with Gasteiger partial charge in [0, 0.05) is 36.9 Å². The van der Waals surface area contributed by atoms with Gasteiger partial charge in [-0.25, -0.2) is 4.98 Å². The second-order valence-electron chi connectivity index (χ2n) is 6.88. The summed E-state index contributed by atoms with van der Waals surface area (Å²) in [6.45, 7) is 3.88. The number of nitrogens with one attached hydrogen (secondary N) is 1. The van der Waals surface area contributed by atoms with Crippen molar-refractivity contribution in [2.24, 2.45) is 0 Å². The smallest absolute Gasteiger partial charge is 0.262 e. The van der Waals surface area contributed by atoms with Crippen LogP contribution in [-0.2, 0) is 4.79 Å². The SMILES string of the molecule is CN1CCN(c2nc3ccc(NC(=O)COc4ccc(Cl)cc4Cl)cc3s2)CC1. The van der Waals surface area contributed by atoms with E-state index in [0.717, 1.165) is 41.5 Å². The molecule has 1 N–H and O–H groups in total. The van der Waals surface area contributed by atoms with Crippen molar-refractivity contribution in [1.82, 2.24) is 9.88 Å². The highest BCUT2D eigenvalue weighted by atomic mass is 35.5. The minimum Gasteiger partial charge on any atom is -0.482 e. The zero-order valence-electron chi connectivity index (χ0n) is 15.8. The maximum Gasteiger partial charge on any atom is 0.262 e. The summed E-state index contributed by atoms with van der Waals surface area (Å²) in [5.74, 6) is 0.153. The molecule has 1 aliphatic rings. The van der Waals surface area contributed by atoms with E-state index in [1.807, 2.05) is 18.2 Å². The molecule has 9 heteroatoms. The molecule has 1 aliphatic heterocycles. The number of amides is 1. The van der Waals surface area contributed by atoms with E-state index < -0.39 is 0 Å². The monoisotopic (exact) mass is 450 g/mol. The van der Waals surface area contributed by atoms with Gasteiger partial charge in [-0.1, -0.05) is 34.5 Å². The lowest BCUT2D eigenvalue weighted by Crippen LogP contribution is -2.44. The van der Waals surface area contributed by atoms with Crippen LogP contribution in [0.25, 0.3) is 10.2 Å². The Kier molecular flexibility index (Phi) is 6.10. The summed E-state index contributed by atoms with van der Waals surface area (Å²) in [6.07, 6.45) is 0. The van der Waals surface area contributed by atoms with Crippen molar-refractivity contribution in [3.63, 3.8) is 0 Å². The zero-order valence-corrected chi connectivity index (χ0v) is 18.2. The van der Waals surface area contributed by atoms with E-state index in [0.29, 0.717) is 21.5 Å². The lowest BCUT2D eigenvalue weighted by molar-refractivity contribution is -0.118. The molecule has 29 heavy (non-hydrogen) atoms. The number of halogens is 2. The van der Waals surface area contributed by atoms with Crippen molar-refractivity contribution in [2.45, 2.75) is 0 Å². The van der Waals surface area contributed by atoms with Gasteiger partial charge in [-0.3, -0.25) is 4.79 Å². The van der Waals surface area contributed by atoms with Crippen molar-refractivity contribution in [3.05, 3.63) is 46.4 Å². The van der Waals surface area contributed by atoms with Gasteiger partial charge >= 0.3 is 0 Å². The quantitative estimate of drug-likeness (QED) is 0.625. The number of likely N-dealkylation sites (N-methyl/N-ethyl adjacent to an activating group) is 1. The lowest BCUT2D eigenvalue weighted by atomic mass is 10.3. The topological polar surface area (TPSA) is 57.7 Å². The molecular formula is C20H20Cl2N4O2S. The molecule has 2 heterocycles. The summed E-state index contributed by atoms with van der Waals surface area (Å²) in [5.41, 5.74) is 1.65. The number of aromatic nitrogens is 1. The normalized spacial score (nSPS) is 14.9. The number of carbonyl (C=O) groups is 1. The Labute approximate surface area is 183 Å². The number of piperazine rings is 1. The van der Waals surface area contributed by atoms with E-state index in [1.165, 1.54) is 0 Å². The Hall–Kier alpha value is -2.06. The van der Waals surface area contributed by atoms with Gasteiger partial charge in [-0.2, -0.15) is 0 Å². The third-order valence-electron chi connectivity index (χ3n) is 4.69. The fourth-order valence-corrected chi connectivity index (χ4v) is 4.58. The largest absolute Gasteiger partial charge is 0.482 e. The Morgan fingerprint density at radius 2 is 1.97 bits per heavy atom. The molecule has 2 aromatic carbocycles. The van der Waals surface area contributed by atoms with Gasteiger partial charge in [0.2, 0.25) is 0 Å². The number of thiazole rings is 1. The highest BCUT2D eigenvalue weighted by molar-refractivity contribution is 7.22. The Morgan fingerprint density at radius 3 is 2.72 bits per heavy atom. The van der Waals surface area contributed by atoms with Crippen LogP contribution in [0.5, 0.6) is 5.75 Å². The van der Waals surface area contributed by atoms with Gasteiger partial charge in [0.1, 0.15) is 5.75 Å². The summed E-state index contributed by atoms with van der Waals surface area (Å²) in [6, 6.07) is 10.6. The van der Waals surface area contributed by atoms with E-state index in [9.17, 15) is 4.79 Å². The van der Waals surface area contributed by atoms with Crippen LogP contribution >= 0.6 is 34.5 Å². The van der Waals surface area contributed by atoms with E-state index in [4.69, 9.17) is 32.9 Å². The van der Waals surface area contributed by atoms with Crippen molar-refractivity contribution in [3.8, 4) is 5.75 Å². The van der Waals surface area contributed by atoms with Gasteiger partial charge in [0.05, 0.1) is 15.2 Å². The van der Waals surface area contributed by atoms with Gasteiger partial charge in [-0.05, 0) is 43.4 Å². The molecule has 3 aromatic rings. The van der Waals surface area contributed by atoms with E-state index >= 15 is 0 Å². The van der Waals surface area contributed by atoms with Crippen LogP contribution in [0.1, 0.15) is 0 Å². The molecule has 1 saturated heterocycles. The third kappa shape index (κ3) is 4.93. The standard InChI is InChI=1S/C20H20Cl2N4O2S/c1-25-6-8-26(9-7-25)20-24-16-4-3-14(11-18(16)29-20)23-19(27)12-28-17-5-2-13(21)10-15(17)22/h2-5,10-11H,6-9,12H2,1H3,(H,23,27). The van der Waals surface area contributed by atoms with Crippen LogP contribution in [0.4, 0.5) is 10.8 Å². The average molecular weight is 451 g/mol. The summed E-state index contributed by atoms with van der Waals surface area (Å²) >= 11 is 13.6. The van der Waals surface area contributed by atoms with Crippen molar-refractivity contribution >= 4 is 61.5 Å². The van der Waals surface area contributed by atoms with E-state index in [-0.39, 0.29) is 12.5 Å². The second kappa shape index (κ2) is 8.75. The first-order chi connectivity index (χ1) is 14.0. The summed E-state index contributed by atoms with van der Waals surface area (Å²) < 4.78 is 6.52. The number of hydrogen-bond acceptors (Lipinski definition) is 6. The van der Waals surface area contributed by atoms with Gasteiger partial charge in [-0.15, -0.1) is 0 Å². The first-order valence-electron chi connectivity index (χ1n) is 9.20. The minimum absolute atomic E-state index is 0.144. The van der Waals surface area contributed by atoms with Crippen molar-refractivity contribution in [1.29, 1.82) is 0 Å². The third-order valence-corrected chi connectivity index (χ3v) is 6.30. The molecule has 0 bridgehead atoms. The summed E-state index contributed by atoms with van der Waals surface area (Å²) in [5, 5.41) is 4.76. The number of hydrogen-bond donors (Lipinski definition) is 1. The minimum atomic E-state index is -0.265. The molecule has 0 saturated carbocycles. The lowest BCUT2D eigenvalue weighted by Gasteiger charge is -2.31. The van der Waals surface area contributed by atoms with E-state index in [2.05, 4.69) is 22.2 Å². The molecule has 1 aromatic heterocycles. The Bertz CT molecular complexity index is 1030. The van der Waals surface area contributed by atoms with Crippen LogP contribution in [0, 0.1) is 0 Å². The molecule has 1 amide bonds. The fourth-order valence-electron chi connectivity index (χ4n) is 3.06. The maximum atomic E-state index is 12.3. The van der Waals surface area contributed by atoms with Gasteiger partial charge in [0.15, 0.2) is 11.7 Å². The predicted octanol–water partition coefficient (Wildman–Crippen LogP) is 4.37. The zero-order chi connectivity index (χ0) is 20.4. The maximum absolute atomic E-state index is 12.3. The number of rotatable bonds is 5. The van der Waals surface area contributed by atoms with Crippen LogP contribution < -0.4 is 15.0 Å². The average Bonchev–Trinajstić information content (AvgIpc) is 3.11. The molecule has 0 aliphatic carbocycles. The molecule has 0 radical (unpaired) electrons. The van der Waals surface area contributed by atoms with Gasteiger partial charge in [0.25, 0.3) is 5.91 Å². The number of fused-ring (bicyclic) bond motifs is 1. The molecule has 1 fully saturated rings.